The number of hydrogen-bond donors (Lipinski definition) is 1. The Hall–Kier alpha value is -3.15. The molecule has 1 saturated carbocycles. The van der Waals surface area contributed by atoms with Gasteiger partial charge in [0.2, 0.25) is 0 Å². The third-order valence-electron chi connectivity index (χ3n) is 7.89. The molecule has 1 aliphatic carbocycles. The first-order chi connectivity index (χ1) is 16.5. The molecule has 8 heteroatoms. The normalized spacial score (nSPS) is 27.2. The first-order valence-electron chi connectivity index (χ1n) is 12.0. The molecule has 0 bridgehead atoms. The number of morpholine rings is 1. The Balaban J connectivity index is 1.36. The molecule has 1 aromatic heterocycles. The van der Waals surface area contributed by atoms with Gasteiger partial charge in [-0.3, -0.25) is 9.80 Å². The SMILES string of the molecule is CN(C)[C@]1(c2ccccc2)CC[C@]2(CC1)CN(c1cnc(N3CCOCC3)cc1C#N)C(=O)N2. The van der Waals surface area contributed by atoms with Crippen LogP contribution < -0.4 is 15.1 Å². The lowest BCUT2D eigenvalue weighted by Gasteiger charge is -2.48. The van der Waals surface area contributed by atoms with E-state index in [1.54, 1.807) is 17.2 Å². The van der Waals surface area contributed by atoms with Crippen LogP contribution in [0.2, 0.25) is 0 Å². The molecule has 2 saturated heterocycles. The zero-order valence-corrected chi connectivity index (χ0v) is 20.0. The summed E-state index contributed by atoms with van der Waals surface area (Å²) in [7, 11) is 4.29. The second-order valence-corrected chi connectivity index (χ2v) is 9.86. The van der Waals surface area contributed by atoms with E-state index in [1.165, 1.54) is 5.56 Å². The van der Waals surface area contributed by atoms with E-state index in [2.05, 4.69) is 70.6 Å². The molecular weight excluding hydrogens is 428 g/mol. The maximum absolute atomic E-state index is 13.1. The minimum absolute atomic E-state index is 0.0379. The van der Waals surface area contributed by atoms with Crippen LogP contribution in [0.15, 0.2) is 42.6 Å². The number of anilines is 2. The Morgan fingerprint density at radius 3 is 2.47 bits per heavy atom. The van der Waals surface area contributed by atoms with Crippen LogP contribution in [0.5, 0.6) is 0 Å². The van der Waals surface area contributed by atoms with Crippen LogP contribution >= 0.6 is 0 Å². The highest BCUT2D eigenvalue weighted by Crippen LogP contribution is 2.46. The highest BCUT2D eigenvalue weighted by atomic mass is 16.5. The molecule has 34 heavy (non-hydrogen) atoms. The summed E-state index contributed by atoms with van der Waals surface area (Å²) < 4.78 is 5.42. The zero-order valence-electron chi connectivity index (χ0n) is 20.0. The number of benzene rings is 1. The second kappa shape index (κ2) is 8.90. The standard InChI is InChI=1S/C26H32N6O2/c1-30(2)26(21-6-4-3-5-7-21)10-8-25(9-11-26)19-32(24(33)29-25)22-18-28-23(16-20(22)17-27)31-12-14-34-15-13-31/h3-7,16,18H,8-15,19H2,1-2H3,(H,29,33)/t25-,26+. The number of nitrogens with zero attached hydrogens (tertiary/aromatic N) is 5. The van der Waals surface area contributed by atoms with Gasteiger partial charge in [0.1, 0.15) is 11.9 Å². The second-order valence-electron chi connectivity index (χ2n) is 9.86. The van der Waals surface area contributed by atoms with E-state index in [-0.39, 0.29) is 17.1 Å². The maximum atomic E-state index is 13.1. The number of carbonyl (C=O) groups excluding carboxylic acids is 1. The molecule has 1 N–H and O–H groups in total. The first kappa shape index (κ1) is 22.6. The van der Waals surface area contributed by atoms with Gasteiger partial charge >= 0.3 is 6.03 Å². The van der Waals surface area contributed by atoms with E-state index >= 15 is 0 Å². The number of ether oxygens (including phenoxy) is 1. The van der Waals surface area contributed by atoms with Gasteiger partial charge in [-0.2, -0.15) is 5.26 Å². The largest absolute Gasteiger partial charge is 0.378 e. The van der Waals surface area contributed by atoms with Gasteiger partial charge in [0, 0.05) is 24.7 Å². The summed E-state index contributed by atoms with van der Waals surface area (Å²) in [6, 6.07) is 14.6. The molecule has 178 valence electrons. The molecule has 3 heterocycles. The van der Waals surface area contributed by atoms with Gasteiger partial charge in [-0.05, 0) is 45.3 Å². The van der Waals surface area contributed by atoms with Crippen molar-refractivity contribution in [2.45, 2.75) is 36.8 Å². The van der Waals surface area contributed by atoms with E-state index in [9.17, 15) is 10.1 Å². The summed E-state index contributed by atoms with van der Waals surface area (Å²) in [5.41, 5.74) is 2.06. The predicted molar refractivity (Wildman–Crippen MR) is 131 cm³/mol. The Morgan fingerprint density at radius 1 is 1.12 bits per heavy atom. The molecule has 0 unspecified atom stereocenters. The van der Waals surface area contributed by atoms with E-state index < -0.39 is 0 Å². The van der Waals surface area contributed by atoms with Crippen LogP contribution in [0.4, 0.5) is 16.3 Å². The zero-order chi connectivity index (χ0) is 23.8. The number of pyridine rings is 1. The van der Waals surface area contributed by atoms with Gasteiger partial charge in [-0.25, -0.2) is 9.78 Å². The van der Waals surface area contributed by atoms with Gasteiger partial charge in [0.15, 0.2) is 0 Å². The summed E-state index contributed by atoms with van der Waals surface area (Å²) in [5.74, 6) is 0.759. The fourth-order valence-corrected chi connectivity index (χ4v) is 5.78. The van der Waals surface area contributed by atoms with Gasteiger partial charge < -0.3 is 15.0 Å². The highest BCUT2D eigenvalue weighted by molar-refractivity contribution is 5.96. The summed E-state index contributed by atoms with van der Waals surface area (Å²) in [5, 5.41) is 13.1. The lowest BCUT2D eigenvalue weighted by atomic mass is 9.69. The van der Waals surface area contributed by atoms with Gasteiger partial charge in [0.05, 0.1) is 42.7 Å². The number of carbonyl (C=O) groups is 1. The Bertz CT molecular complexity index is 1080. The third-order valence-corrected chi connectivity index (χ3v) is 7.89. The Labute approximate surface area is 201 Å². The average Bonchev–Trinajstić information content (AvgIpc) is 3.20. The van der Waals surface area contributed by atoms with Gasteiger partial charge in [-0.15, -0.1) is 0 Å². The van der Waals surface area contributed by atoms with Crippen molar-refractivity contribution in [3.8, 4) is 6.07 Å². The Kier molecular flexibility index (Phi) is 5.92. The van der Waals surface area contributed by atoms with E-state index in [0.717, 1.165) is 44.6 Å². The predicted octanol–water partition coefficient (Wildman–Crippen LogP) is 3.09. The molecule has 1 spiro atoms. The Morgan fingerprint density at radius 2 is 1.82 bits per heavy atom. The molecule has 2 aromatic rings. The van der Waals surface area contributed by atoms with Crippen LogP contribution in [0.3, 0.4) is 0 Å². The fraction of sp³-hybridized carbons (Fsp3) is 0.500. The maximum Gasteiger partial charge on any atom is 0.322 e. The van der Waals surface area contributed by atoms with Crippen molar-refractivity contribution in [3.05, 3.63) is 53.7 Å². The van der Waals surface area contributed by atoms with E-state index in [4.69, 9.17) is 4.74 Å². The molecule has 3 fully saturated rings. The summed E-state index contributed by atoms with van der Waals surface area (Å²) >= 11 is 0. The molecule has 1 aromatic carbocycles. The average molecular weight is 461 g/mol. The van der Waals surface area contributed by atoms with Gasteiger partial charge in [0.25, 0.3) is 0 Å². The molecule has 8 nitrogen and oxygen atoms in total. The molecule has 3 aliphatic rings. The molecule has 0 atom stereocenters. The number of urea groups is 1. The molecule has 5 rings (SSSR count). The van der Waals surface area contributed by atoms with Crippen molar-refractivity contribution in [2.24, 2.45) is 0 Å². The topological polar surface area (TPSA) is 84.7 Å². The van der Waals surface area contributed by atoms with Crippen molar-refractivity contribution >= 4 is 17.5 Å². The minimum Gasteiger partial charge on any atom is -0.378 e. The third kappa shape index (κ3) is 3.89. The van der Waals surface area contributed by atoms with Crippen molar-refractivity contribution < 1.29 is 9.53 Å². The summed E-state index contributed by atoms with van der Waals surface area (Å²) in [6.45, 7) is 3.36. The monoisotopic (exact) mass is 460 g/mol. The highest BCUT2D eigenvalue weighted by Gasteiger charge is 2.50. The number of nitrogens with one attached hydrogen (secondary N) is 1. The molecule has 0 radical (unpaired) electrons. The summed E-state index contributed by atoms with van der Waals surface area (Å²) in [4.78, 5) is 23.9. The van der Waals surface area contributed by atoms with E-state index in [0.29, 0.717) is 31.0 Å². The molecule has 2 aliphatic heterocycles. The van der Waals surface area contributed by atoms with Crippen molar-refractivity contribution in [3.63, 3.8) is 0 Å². The van der Waals surface area contributed by atoms with Crippen LogP contribution in [-0.4, -0.2) is 68.4 Å². The first-order valence-corrected chi connectivity index (χ1v) is 12.0. The van der Waals surface area contributed by atoms with Crippen LogP contribution in [0.1, 0.15) is 36.8 Å². The number of hydrogen-bond acceptors (Lipinski definition) is 6. The van der Waals surface area contributed by atoms with Crippen LogP contribution in [-0.2, 0) is 10.3 Å². The van der Waals surface area contributed by atoms with Crippen LogP contribution in [0, 0.1) is 11.3 Å². The molecular formula is C26H32N6O2. The van der Waals surface area contributed by atoms with Crippen molar-refractivity contribution in [1.82, 2.24) is 15.2 Å². The van der Waals surface area contributed by atoms with E-state index in [1.807, 2.05) is 0 Å². The lowest BCUT2D eigenvalue weighted by Crippen LogP contribution is -2.54. The summed E-state index contributed by atoms with van der Waals surface area (Å²) in [6.07, 6.45) is 5.35. The number of rotatable bonds is 4. The molecule has 2 amide bonds. The smallest absolute Gasteiger partial charge is 0.322 e. The van der Waals surface area contributed by atoms with Crippen LogP contribution in [0.25, 0.3) is 0 Å². The van der Waals surface area contributed by atoms with Crippen molar-refractivity contribution in [1.29, 1.82) is 5.26 Å². The number of nitriles is 1. The van der Waals surface area contributed by atoms with Crippen molar-refractivity contribution in [2.75, 3.05) is 56.7 Å². The quantitative estimate of drug-likeness (QED) is 0.755. The minimum atomic E-state index is -0.291. The lowest BCUT2D eigenvalue weighted by molar-refractivity contribution is 0.0658. The number of amides is 2. The fourth-order valence-electron chi connectivity index (χ4n) is 5.78. The number of aromatic nitrogens is 1. The van der Waals surface area contributed by atoms with Gasteiger partial charge in [-0.1, -0.05) is 30.3 Å².